The third kappa shape index (κ3) is 3.11. The van der Waals surface area contributed by atoms with E-state index < -0.39 is 0 Å². The minimum atomic E-state index is -0.295. The zero-order valence-corrected chi connectivity index (χ0v) is 15.2. The van der Waals surface area contributed by atoms with Crippen LogP contribution in [0.15, 0.2) is 45.8 Å². The molecule has 0 aliphatic carbocycles. The Balaban J connectivity index is 2.24. The van der Waals surface area contributed by atoms with Crippen molar-refractivity contribution in [1.29, 1.82) is 0 Å². The van der Waals surface area contributed by atoms with E-state index in [1.807, 2.05) is 19.0 Å². The summed E-state index contributed by atoms with van der Waals surface area (Å²) in [6.07, 6.45) is 1.40. The van der Waals surface area contributed by atoms with Crippen LogP contribution in [0.25, 0.3) is 22.1 Å². The summed E-state index contributed by atoms with van der Waals surface area (Å²) in [6.45, 7) is 0.428. The first-order valence-electron chi connectivity index (χ1n) is 8.09. The maximum Gasteiger partial charge on any atom is 0.204 e. The molecule has 0 saturated heterocycles. The second-order valence-corrected chi connectivity index (χ2v) is 6.22. The van der Waals surface area contributed by atoms with Crippen LogP contribution >= 0.6 is 0 Å². The number of ether oxygens (including phenoxy) is 2. The molecule has 3 rings (SSSR count). The normalized spacial score (nSPS) is 11.1. The summed E-state index contributed by atoms with van der Waals surface area (Å²) in [6, 6.07) is 8.72. The van der Waals surface area contributed by atoms with Gasteiger partial charge in [-0.1, -0.05) is 12.1 Å². The average molecular weight is 355 g/mol. The molecule has 0 atom stereocenters. The fourth-order valence-corrected chi connectivity index (χ4v) is 2.91. The van der Waals surface area contributed by atoms with Crippen LogP contribution in [0.1, 0.15) is 5.56 Å². The molecule has 0 saturated carbocycles. The average Bonchev–Trinajstić information content (AvgIpc) is 2.63. The monoisotopic (exact) mass is 355 g/mol. The van der Waals surface area contributed by atoms with E-state index in [9.17, 15) is 9.90 Å². The van der Waals surface area contributed by atoms with E-state index >= 15 is 0 Å². The molecule has 26 heavy (non-hydrogen) atoms. The zero-order chi connectivity index (χ0) is 18.8. The second kappa shape index (κ2) is 7.09. The quantitative estimate of drug-likeness (QED) is 0.757. The van der Waals surface area contributed by atoms with Crippen molar-refractivity contribution < 1.29 is 19.0 Å². The number of phenols is 1. The van der Waals surface area contributed by atoms with Crippen LogP contribution in [0.4, 0.5) is 0 Å². The lowest BCUT2D eigenvalue weighted by Gasteiger charge is -2.16. The minimum Gasteiger partial charge on any atom is -0.507 e. The highest BCUT2D eigenvalue weighted by Crippen LogP contribution is 2.36. The molecule has 0 aliphatic rings. The van der Waals surface area contributed by atoms with Crippen molar-refractivity contribution in [2.45, 2.75) is 6.54 Å². The van der Waals surface area contributed by atoms with Gasteiger partial charge in [0, 0.05) is 12.6 Å². The molecule has 0 unspecified atom stereocenters. The molecular formula is C20H21NO5. The van der Waals surface area contributed by atoms with Crippen LogP contribution < -0.4 is 14.9 Å². The molecule has 1 aromatic heterocycles. The first kappa shape index (κ1) is 17.8. The highest BCUT2D eigenvalue weighted by molar-refractivity contribution is 5.89. The molecule has 2 aromatic carbocycles. The molecule has 0 amide bonds. The summed E-state index contributed by atoms with van der Waals surface area (Å²) in [4.78, 5) is 14.9. The summed E-state index contributed by atoms with van der Waals surface area (Å²) in [5, 5.41) is 10.9. The molecule has 6 nitrogen and oxygen atoms in total. The van der Waals surface area contributed by atoms with Gasteiger partial charge >= 0.3 is 0 Å². The third-order valence-electron chi connectivity index (χ3n) is 4.20. The Morgan fingerprint density at radius 2 is 1.81 bits per heavy atom. The predicted octanol–water partition coefficient (Wildman–Crippen LogP) is 3.24. The number of fused-ring (bicyclic) bond motifs is 1. The molecule has 1 heterocycles. The van der Waals surface area contributed by atoms with Gasteiger partial charge in [-0.3, -0.25) is 4.79 Å². The standard InChI is InChI=1S/C20H21NO5/c1-21(2)10-14-16(25-4)9-17-18(19(14)22)20(23)15(11-26-17)12-5-7-13(24-3)8-6-12/h5-9,11,22H,10H2,1-4H3. The summed E-state index contributed by atoms with van der Waals surface area (Å²) in [7, 11) is 6.85. The third-order valence-corrected chi connectivity index (χ3v) is 4.20. The van der Waals surface area contributed by atoms with Gasteiger partial charge in [0.15, 0.2) is 0 Å². The topological polar surface area (TPSA) is 72.1 Å². The van der Waals surface area contributed by atoms with Crippen LogP contribution in [-0.2, 0) is 6.54 Å². The molecule has 1 N–H and O–H groups in total. The molecule has 0 aliphatic heterocycles. The number of rotatable bonds is 5. The van der Waals surface area contributed by atoms with Crippen molar-refractivity contribution >= 4 is 11.0 Å². The van der Waals surface area contributed by atoms with Gasteiger partial charge < -0.3 is 23.9 Å². The van der Waals surface area contributed by atoms with Gasteiger partial charge in [0.2, 0.25) is 5.43 Å². The fourth-order valence-electron chi connectivity index (χ4n) is 2.91. The lowest BCUT2D eigenvalue weighted by molar-refractivity contribution is 0.358. The van der Waals surface area contributed by atoms with Crippen molar-refractivity contribution in [1.82, 2.24) is 4.90 Å². The summed E-state index contributed by atoms with van der Waals surface area (Å²) >= 11 is 0. The van der Waals surface area contributed by atoms with E-state index in [0.717, 1.165) is 0 Å². The van der Waals surface area contributed by atoms with Crippen molar-refractivity contribution in [2.75, 3.05) is 28.3 Å². The lowest BCUT2D eigenvalue weighted by atomic mass is 10.0. The number of methoxy groups -OCH3 is 2. The van der Waals surface area contributed by atoms with Gasteiger partial charge in [-0.25, -0.2) is 0 Å². The Bertz CT molecular complexity index is 990. The lowest BCUT2D eigenvalue weighted by Crippen LogP contribution is -2.13. The van der Waals surface area contributed by atoms with Crippen molar-refractivity contribution in [3.63, 3.8) is 0 Å². The number of hydrogen-bond donors (Lipinski definition) is 1. The van der Waals surface area contributed by atoms with Crippen LogP contribution in [-0.4, -0.2) is 38.3 Å². The Kier molecular flexibility index (Phi) is 4.86. The fraction of sp³-hybridized carbons (Fsp3) is 0.250. The number of aromatic hydroxyl groups is 1. The first-order chi connectivity index (χ1) is 12.5. The molecular weight excluding hydrogens is 334 g/mol. The molecule has 0 spiro atoms. The number of benzene rings is 2. The predicted molar refractivity (Wildman–Crippen MR) is 100 cm³/mol. The van der Waals surface area contributed by atoms with Crippen molar-refractivity contribution in [3.05, 3.63) is 52.4 Å². The first-order valence-corrected chi connectivity index (χ1v) is 8.09. The number of phenolic OH excluding ortho intramolecular Hbond substituents is 1. The van der Waals surface area contributed by atoms with E-state index in [0.29, 0.717) is 34.7 Å². The van der Waals surface area contributed by atoms with E-state index in [1.165, 1.54) is 13.4 Å². The maximum atomic E-state index is 13.0. The van der Waals surface area contributed by atoms with E-state index in [1.54, 1.807) is 37.4 Å². The number of hydrogen-bond acceptors (Lipinski definition) is 6. The number of nitrogens with zero attached hydrogens (tertiary/aromatic N) is 1. The Morgan fingerprint density at radius 3 is 2.38 bits per heavy atom. The molecule has 6 heteroatoms. The largest absolute Gasteiger partial charge is 0.507 e. The highest BCUT2D eigenvalue weighted by Gasteiger charge is 2.20. The summed E-state index contributed by atoms with van der Waals surface area (Å²) in [5.41, 5.74) is 1.59. The van der Waals surface area contributed by atoms with Crippen molar-refractivity contribution in [3.8, 4) is 28.4 Å². The van der Waals surface area contributed by atoms with Gasteiger partial charge in [0.25, 0.3) is 0 Å². The Morgan fingerprint density at radius 1 is 1.12 bits per heavy atom. The molecule has 0 radical (unpaired) electrons. The van der Waals surface area contributed by atoms with Crippen LogP contribution in [0.5, 0.6) is 17.2 Å². The molecule has 0 bridgehead atoms. The van der Waals surface area contributed by atoms with Gasteiger partial charge in [-0.15, -0.1) is 0 Å². The maximum absolute atomic E-state index is 13.0. The van der Waals surface area contributed by atoms with Crippen molar-refractivity contribution in [2.24, 2.45) is 0 Å². The molecule has 3 aromatic rings. The molecule has 0 fully saturated rings. The van der Waals surface area contributed by atoms with Gasteiger partial charge in [-0.05, 0) is 31.8 Å². The van der Waals surface area contributed by atoms with E-state index in [2.05, 4.69) is 0 Å². The van der Waals surface area contributed by atoms with Gasteiger partial charge in [-0.2, -0.15) is 0 Å². The van der Waals surface area contributed by atoms with Crippen LogP contribution in [0.2, 0.25) is 0 Å². The van der Waals surface area contributed by atoms with Crippen LogP contribution in [0, 0.1) is 0 Å². The second-order valence-electron chi connectivity index (χ2n) is 6.22. The summed E-state index contributed by atoms with van der Waals surface area (Å²) < 4.78 is 16.1. The Labute approximate surface area is 151 Å². The zero-order valence-electron chi connectivity index (χ0n) is 15.2. The Hall–Kier alpha value is -2.99. The highest BCUT2D eigenvalue weighted by atomic mass is 16.5. The minimum absolute atomic E-state index is 0.114. The van der Waals surface area contributed by atoms with Gasteiger partial charge in [0.1, 0.15) is 34.5 Å². The smallest absolute Gasteiger partial charge is 0.204 e. The van der Waals surface area contributed by atoms with E-state index in [-0.39, 0.29) is 22.1 Å². The van der Waals surface area contributed by atoms with E-state index in [4.69, 9.17) is 13.9 Å². The molecule has 136 valence electrons. The van der Waals surface area contributed by atoms with Crippen LogP contribution in [0.3, 0.4) is 0 Å². The SMILES string of the molecule is COc1ccc(-c2coc3cc(OC)c(CN(C)C)c(O)c3c2=O)cc1. The summed E-state index contributed by atoms with van der Waals surface area (Å²) in [5.74, 6) is 1.06. The van der Waals surface area contributed by atoms with Gasteiger partial charge in [0.05, 0.1) is 25.3 Å².